The third-order valence-corrected chi connectivity index (χ3v) is 7.67. The van der Waals surface area contributed by atoms with E-state index in [1.165, 1.54) is 13.2 Å². The zero-order chi connectivity index (χ0) is 30.0. The molecule has 2 aromatic carbocycles. The molecule has 5 aromatic rings. The number of ether oxygens (including phenoxy) is 1. The summed E-state index contributed by atoms with van der Waals surface area (Å²) < 4.78 is 4.89. The van der Waals surface area contributed by atoms with E-state index in [-0.39, 0.29) is 0 Å². The smallest absolute Gasteiger partial charge is 0.330 e. The van der Waals surface area contributed by atoms with Gasteiger partial charge in [-0.25, -0.2) is 14.8 Å². The average molecular weight is 575 g/mol. The summed E-state index contributed by atoms with van der Waals surface area (Å²) >= 11 is 0. The van der Waals surface area contributed by atoms with E-state index in [4.69, 9.17) is 14.7 Å². The van der Waals surface area contributed by atoms with E-state index < -0.39 is 5.97 Å². The lowest BCUT2D eigenvalue weighted by Gasteiger charge is -2.04. The summed E-state index contributed by atoms with van der Waals surface area (Å²) in [4.78, 5) is 41.7. The molecule has 0 saturated carbocycles. The van der Waals surface area contributed by atoms with Crippen LogP contribution >= 0.6 is 0 Å². The van der Waals surface area contributed by atoms with E-state index in [0.717, 1.165) is 62.0 Å². The Morgan fingerprint density at radius 1 is 0.614 bits per heavy atom. The van der Waals surface area contributed by atoms with Gasteiger partial charge in [-0.2, -0.15) is 0 Å². The quantitative estimate of drug-likeness (QED) is 0.123. The number of fused-ring (bicyclic) bond motifs is 8. The Kier molecular flexibility index (Phi) is 6.88. The zero-order valence-corrected chi connectivity index (χ0v) is 23.7. The molecule has 2 aliphatic heterocycles. The molecule has 0 radical (unpaired) electrons. The van der Waals surface area contributed by atoms with Crippen molar-refractivity contribution in [3.8, 4) is 22.3 Å². The summed E-state index contributed by atoms with van der Waals surface area (Å²) in [7, 11) is 1.35. The molecule has 2 aliphatic rings. The predicted molar refractivity (Wildman–Crippen MR) is 176 cm³/mol. The van der Waals surface area contributed by atoms with Gasteiger partial charge < -0.3 is 14.7 Å². The molecule has 0 fully saturated rings. The molecule has 7 rings (SSSR count). The van der Waals surface area contributed by atoms with Crippen molar-refractivity contribution in [2.75, 3.05) is 7.11 Å². The molecular weight excluding hydrogens is 548 g/mol. The minimum atomic E-state index is -0.467. The van der Waals surface area contributed by atoms with Crippen molar-refractivity contribution < 1.29 is 14.3 Å². The first-order chi connectivity index (χ1) is 21.6. The van der Waals surface area contributed by atoms with E-state index in [0.29, 0.717) is 22.5 Å². The molecule has 2 N–H and O–H groups in total. The number of carbonyl (C=O) groups excluding carboxylic acids is 2. The van der Waals surface area contributed by atoms with Crippen molar-refractivity contribution in [3.05, 3.63) is 125 Å². The third-order valence-electron chi connectivity index (χ3n) is 7.67. The maximum atomic E-state index is 12.5. The lowest BCUT2D eigenvalue weighted by atomic mass is 10.0. The van der Waals surface area contributed by atoms with Gasteiger partial charge in [0.25, 0.3) is 0 Å². The predicted octanol–water partition coefficient (Wildman–Crippen LogP) is 7.99. The second kappa shape index (κ2) is 11.3. The number of esters is 1. The van der Waals surface area contributed by atoms with E-state index >= 15 is 0 Å². The number of benzene rings is 2. The van der Waals surface area contributed by atoms with Gasteiger partial charge in [-0.1, -0.05) is 60.7 Å². The van der Waals surface area contributed by atoms with E-state index in [9.17, 15) is 9.59 Å². The van der Waals surface area contributed by atoms with E-state index in [2.05, 4.69) is 9.97 Å². The number of aromatic amines is 2. The standard InChI is InChI=1S/C37H26N4O3/c1-44-35(43)21-12-25-27-13-17-31(38-27)36(23-8-4-2-5-9-23)33-19-15-29(40-33)26(22-42)30-16-20-34(41-30)37(24-10-6-3-7-11-24)32-18-14-28(25)39-32/h2-22,38,41H,1H3/b21-12+,27-25?,28-25?,29-26?,30-26?,36-31?,36-33?,37-32?,37-34?. The van der Waals surface area contributed by atoms with Crippen LogP contribution in [0.25, 0.3) is 74.7 Å². The highest BCUT2D eigenvalue weighted by Gasteiger charge is 2.16. The molecule has 8 bridgehead atoms. The number of hydrogen-bond acceptors (Lipinski definition) is 5. The fourth-order valence-corrected chi connectivity index (χ4v) is 5.59. The van der Waals surface area contributed by atoms with Gasteiger partial charge in [0.05, 0.1) is 41.0 Å². The maximum Gasteiger partial charge on any atom is 0.330 e. The Balaban J connectivity index is 1.66. The van der Waals surface area contributed by atoms with Crippen LogP contribution in [0.5, 0.6) is 0 Å². The van der Waals surface area contributed by atoms with Gasteiger partial charge in [-0.3, -0.25) is 4.79 Å². The topological polar surface area (TPSA) is 101 Å². The van der Waals surface area contributed by atoms with Crippen molar-refractivity contribution in [2.45, 2.75) is 0 Å². The summed E-state index contributed by atoms with van der Waals surface area (Å²) in [5.74, 6) is -0.467. The van der Waals surface area contributed by atoms with Crippen molar-refractivity contribution in [2.24, 2.45) is 0 Å². The van der Waals surface area contributed by atoms with Crippen LogP contribution in [0.3, 0.4) is 0 Å². The lowest BCUT2D eigenvalue weighted by molar-refractivity contribution is -0.134. The number of carbonyl (C=O) groups is 2. The molecule has 0 unspecified atom stereocenters. The van der Waals surface area contributed by atoms with Crippen LogP contribution in [0.2, 0.25) is 0 Å². The van der Waals surface area contributed by atoms with Gasteiger partial charge in [0.1, 0.15) is 0 Å². The van der Waals surface area contributed by atoms with Gasteiger partial charge in [0.2, 0.25) is 0 Å². The number of hydrogen-bond donors (Lipinski definition) is 2. The molecule has 0 saturated heterocycles. The first-order valence-electron chi connectivity index (χ1n) is 14.1. The zero-order valence-electron chi connectivity index (χ0n) is 23.7. The van der Waals surface area contributed by atoms with Gasteiger partial charge in [-0.15, -0.1) is 0 Å². The van der Waals surface area contributed by atoms with Crippen LogP contribution in [0.15, 0.2) is 91.0 Å². The molecule has 7 nitrogen and oxygen atoms in total. The Morgan fingerprint density at radius 2 is 1.07 bits per heavy atom. The molecule has 5 heterocycles. The summed E-state index contributed by atoms with van der Waals surface area (Å²) in [5.41, 5.74) is 10.6. The van der Waals surface area contributed by atoms with Crippen molar-refractivity contribution in [3.63, 3.8) is 0 Å². The monoisotopic (exact) mass is 574 g/mol. The molecule has 0 aliphatic carbocycles. The summed E-state index contributed by atoms with van der Waals surface area (Å²) in [6, 6.07) is 27.8. The first-order valence-corrected chi connectivity index (χ1v) is 14.1. The Bertz CT molecular complexity index is 2150. The van der Waals surface area contributed by atoms with Crippen LogP contribution in [0, 0.1) is 0 Å². The number of nitrogens with one attached hydrogen (secondary N) is 2. The van der Waals surface area contributed by atoms with Crippen LogP contribution in [0.1, 0.15) is 38.7 Å². The van der Waals surface area contributed by atoms with Crippen LogP contribution in [0.4, 0.5) is 0 Å². The van der Waals surface area contributed by atoms with Crippen LogP contribution < -0.4 is 0 Å². The molecule has 0 atom stereocenters. The molecule has 3 aromatic heterocycles. The summed E-state index contributed by atoms with van der Waals surface area (Å²) in [5, 5.41) is 0. The Hall–Kier alpha value is -6.08. The Labute approximate surface area is 252 Å². The van der Waals surface area contributed by atoms with Crippen molar-refractivity contribution in [1.29, 1.82) is 0 Å². The first kappa shape index (κ1) is 26.8. The third kappa shape index (κ3) is 4.86. The normalized spacial score (nSPS) is 12.1. The van der Waals surface area contributed by atoms with Gasteiger partial charge in [0.15, 0.2) is 6.29 Å². The molecule has 44 heavy (non-hydrogen) atoms. The fourth-order valence-electron chi connectivity index (χ4n) is 5.59. The summed E-state index contributed by atoms with van der Waals surface area (Å²) in [6.07, 6.45) is 11.7. The number of H-pyrrole nitrogens is 2. The van der Waals surface area contributed by atoms with Crippen molar-refractivity contribution in [1.82, 2.24) is 19.9 Å². The highest BCUT2D eigenvalue weighted by atomic mass is 16.5. The van der Waals surface area contributed by atoms with Gasteiger partial charge in [0, 0.05) is 39.3 Å². The number of methoxy groups -OCH3 is 1. The number of aromatic nitrogens is 4. The largest absolute Gasteiger partial charge is 0.466 e. The molecule has 212 valence electrons. The molecule has 7 heteroatoms. The second-order valence-corrected chi connectivity index (χ2v) is 10.3. The SMILES string of the molecule is COC(=O)/C=C/c1c2nc(c(-c3ccccc3)c3ccc([nH]3)c(C=O)c3nc(c(-c4ccccc4)c4ccc1[nH]4)C=C3)C=C2. The van der Waals surface area contributed by atoms with E-state index in [1.807, 2.05) is 109 Å². The number of aldehydes is 1. The van der Waals surface area contributed by atoms with Gasteiger partial charge in [-0.05, 0) is 65.8 Å². The van der Waals surface area contributed by atoms with Gasteiger partial charge >= 0.3 is 5.97 Å². The van der Waals surface area contributed by atoms with Crippen LogP contribution in [-0.2, 0) is 9.53 Å². The second-order valence-electron chi connectivity index (χ2n) is 10.3. The lowest BCUT2D eigenvalue weighted by Crippen LogP contribution is -1.94. The number of nitrogens with zero attached hydrogens (tertiary/aromatic N) is 2. The molecule has 0 amide bonds. The highest BCUT2D eigenvalue weighted by Crippen LogP contribution is 2.34. The average Bonchev–Trinajstić information content (AvgIpc) is 3.89. The summed E-state index contributed by atoms with van der Waals surface area (Å²) in [6.45, 7) is 0. The molecule has 0 spiro atoms. The molecular formula is C37H26N4O3. The maximum absolute atomic E-state index is 12.5. The Morgan fingerprint density at radius 3 is 1.57 bits per heavy atom. The minimum absolute atomic E-state index is 0.460. The van der Waals surface area contributed by atoms with E-state index in [1.54, 1.807) is 6.08 Å². The fraction of sp³-hybridized carbons (Fsp3) is 0.0270. The minimum Gasteiger partial charge on any atom is -0.466 e. The highest BCUT2D eigenvalue weighted by molar-refractivity contribution is 5.99. The van der Waals surface area contributed by atoms with Crippen molar-refractivity contribution >= 4 is 64.7 Å². The number of rotatable bonds is 5. The van der Waals surface area contributed by atoms with Crippen LogP contribution in [-0.4, -0.2) is 39.3 Å².